The Balaban J connectivity index is 0.00000552. The second-order valence-corrected chi connectivity index (χ2v) is 11.5. The molecule has 2 aromatic heterocycles. The van der Waals surface area contributed by atoms with Crippen LogP contribution in [0.2, 0.25) is 0 Å². The molecular formula is C29H50N10O5Zn+2. The summed E-state index contributed by atoms with van der Waals surface area (Å²) in [6, 6.07) is 0. The monoisotopic (exact) mass is 682 g/mol. The second-order valence-electron chi connectivity index (χ2n) is 11.5. The summed E-state index contributed by atoms with van der Waals surface area (Å²) in [5.74, 6) is -0.0293. The van der Waals surface area contributed by atoms with Crippen LogP contribution in [0.5, 0.6) is 0 Å². The van der Waals surface area contributed by atoms with Crippen molar-refractivity contribution in [2.24, 2.45) is 0 Å². The molecule has 2 aliphatic rings. The number of nitrogens with two attached hydrogens (primary N) is 1. The number of nitrogen functional groups attached to an aromatic ring is 1. The molecule has 4 heterocycles. The predicted molar refractivity (Wildman–Crippen MR) is 165 cm³/mol. The fraction of sp³-hybridized carbons (Fsp3) is 0.759. The number of ether oxygens (including phenoxy) is 1. The average molecular weight is 684 g/mol. The topological polar surface area (TPSA) is 205 Å². The number of carbonyl (C=O) groups is 2. The average Bonchev–Trinajstić information content (AvgIpc) is 3.57. The quantitative estimate of drug-likeness (QED) is 0.103. The number of carbonyl (C=O) groups excluding carboxylic acids is 2. The number of hydrogen-bond donors (Lipinski definition) is 7. The number of nitrogens with zero attached hydrogens (tertiary/aromatic N) is 5. The van der Waals surface area contributed by atoms with E-state index in [0.717, 1.165) is 104 Å². The van der Waals surface area contributed by atoms with Crippen molar-refractivity contribution in [2.75, 3.05) is 64.6 Å². The molecule has 45 heavy (non-hydrogen) atoms. The summed E-state index contributed by atoms with van der Waals surface area (Å²) < 4.78 is 7.18. The molecule has 15 nitrogen and oxygen atoms in total. The first kappa shape index (κ1) is 37.1. The van der Waals surface area contributed by atoms with Crippen LogP contribution in [0.4, 0.5) is 5.82 Å². The van der Waals surface area contributed by atoms with Crippen LogP contribution in [0.25, 0.3) is 11.2 Å². The largest absolute Gasteiger partial charge is 2.00 e. The van der Waals surface area contributed by atoms with Gasteiger partial charge in [0.2, 0.25) is 5.91 Å². The first-order valence-electron chi connectivity index (χ1n) is 16.1. The smallest absolute Gasteiger partial charge is 0.387 e. The van der Waals surface area contributed by atoms with Gasteiger partial charge in [-0.15, -0.1) is 0 Å². The molecule has 4 atom stereocenters. The number of imidazole rings is 1. The molecule has 0 aliphatic carbocycles. The Labute approximate surface area is 277 Å². The number of aromatic nitrogens is 4. The molecular weight excluding hydrogens is 634 g/mol. The van der Waals surface area contributed by atoms with Crippen LogP contribution in [0.15, 0.2) is 12.7 Å². The van der Waals surface area contributed by atoms with Gasteiger partial charge < -0.3 is 46.9 Å². The summed E-state index contributed by atoms with van der Waals surface area (Å²) in [5, 5.41) is 34.0. The van der Waals surface area contributed by atoms with Crippen LogP contribution < -0.4 is 27.0 Å². The summed E-state index contributed by atoms with van der Waals surface area (Å²) in [6.45, 7) is 7.35. The molecule has 0 unspecified atom stereocenters. The van der Waals surface area contributed by atoms with Crippen molar-refractivity contribution in [3.05, 3.63) is 12.7 Å². The summed E-state index contributed by atoms with van der Waals surface area (Å²) >= 11 is 0. The van der Waals surface area contributed by atoms with Crippen molar-refractivity contribution in [3.8, 4) is 0 Å². The normalized spacial score (nSPS) is 23.2. The van der Waals surface area contributed by atoms with Gasteiger partial charge in [0.05, 0.1) is 6.33 Å². The maximum absolute atomic E-state index is 12.7. The Kier molecular flexibility index (Phi) is 16.5. The second kappa shape index (κ2) is 20.0. The van der Waals surface area contributed by atoms with Crippen molar-refractivity contribution in [3.63, 3.8) is 0 Å². The molecule has 0 saturated carbocycles. The molecule has 2 saturated heterocycles. The number of unbranched alkanes of at least 4 members (excludes halogenated alkanes) is 7. The summed E-state index contributed by atoms with van der Waals surface area (Å²) in [6.07, 6.45) is 6.51. The fourth-order valence-corrected chi connectivity index (χ4v) is 5.61. The van der Waals surface area contributed by atoms with Crippen LogP contribution in [0.1, 0.15) is 64.0 Å². The van der Waals surface area contributed by atoms with E-state index < -0.39 is 30.4 Å². The van der Waals surface area contributed by atoms with E-state index in [1.54, 1.807) is 0 Å². The molecule has 0 aromatic carbocycles. The van der Waals surface area contributed by atoms with Gasteiger partial charge in [0.15, 0.2) is 23.8 Å². The van der Waals surface area contributed by atoms with E-state index in [1.165, 1.54) is 17.2 Å². The van der Waals surface area contributed by atoms with Gasteiger partial charge in [-0.1, -0.05) is 38.5 Å². The number of aliphatic hydroxyl groups is 2. The van der Waals surface area contributed by atoms with Crippen molar-refractivity contribution in [2.45, 2.75) is 82.3 Å². The third-order valence-electron chi connectivity index (χ3n) is 8.20. The van der Waals surface area contributed by atoms with E-state index in [0.29, 0.717) is 24.1 Å². The zero-order valence-electron chi connectivity index (χ0n) is 26.3. The Morgan fingerprint density at radius 2 is 1.47 bits per heavy atom. The maximum Gasteiger partial charge on any atom is 2.00 e. The van der Waals surface area contributed by atoms with Gasteiger partial charge in [-0.3, -0.25) is 14.2 Å². The number of aliphatic hydroxyl groups excluding tert-OH is 2. The first-order chi connectivity index (χ1) is 21.5. The van der Waals surface area contributed by atoms with Crippen LogP contribution in [0, 0.1) is 0 Å². The third kappa shape index (κ3) is 11.2. The molecule has 4 rings (SSSR count). The summed E-state index contributed by atoms with van der Waals surface area (Å²) in [4.78, 5) is 39.6. The molecule has 2 fully saturated rings. The van der Waals surface area contributed by atoms with Crippen LogP contribution >= 0.6 is 0 Å². The summed E-state index contributed by atoms with van der Waals surface area (Å²) in [7, 11) is 0. The first-order valence-corrected chi connectivity index (χ1v) is 16.1. The molecule has 8 N–H and O–H groups in total. The molecule has 2 amide bonds. The number of hydrogen-bond acceptors (Lipinski definition) is 12. The van der Waals surface area contributed by atoms with Gasteiger partial charge in [0.25, 0.3) is 5.91 Å². The summed E-state index contributed by atoms with van der Waals surface area (Å²) in [5.41, 5.74) is 6.52. The van der Waals surface area contributed by atoms with Crippen LogP contribution in [-0.4, -0.2) is 124 Å². The maximum atomic E-state index is 12.7. The van der Waals surface area contributed by atoms with Crippen molar-refractivity contribution in [1.29, 1.82) is 0 Å². The van der Waals surface area contributed by atoms with Crippen LogP contribution in [-0.2, 0) is 33.8 Å². The van der Waals surface area contributed by atoms with Crippen molar-refractivity contribution in [1.82, 2.24) is 45.7 Å². The number of anilines is 1. The molecule has 246 valence electrons. The van der Waals surface area contributed by atoms with E-state index in [4.69, 9.17) is 10.5 Å². The Morgan fingerprint density at radius 3 is 2.13 bits per heavy atom. The number of amides is 2. The molecule has 2 aliphatic heterocycles. The minimum Gasteiger partial charge on any atom is -0.387 e. The zero-order chi connectivity index (χ0) is 31.1. The third-order valence-corrected chi connectivity index (χ3v) is 8.20. The van der Waals surface area contributed by atoms with E-state index in [9.17, 15) is 19.8 Å². The number of nitrogens with one attached hydrogen (secondary N) is 4. The molecule has 2 aromatic rings. The van der Waals surface area contributed by atoms with E-state index in [-0.39, 0.29) is 31.2 Å². The zero-order valence-corrected chi connectivity index (χ0v) is 29.3. The van der Waals surface area contributed by atoms with Gasteiger partial charge in [-0.05, 0) is 12.8 Å². The Hall–Kier alpha value is -2.33. The molecule has 0 radical (unpaired) electrons. The fourth-order valence-electron chi connectivity index (χ4n) is 5.61. The van der Waals surface area contributed by atoms with Gasteiger partial charge in [0.1, 0.15) is 24.1 Å². The van der Waals surface area contributed by atoms with E-state index in [1.807, 2.05) is 4.90 Å². The van der Waals surface area contributed by atoms with Gasteiger partial charge in [-0.2, -0.15) is 0 Å². The number of rotatable bonds is 13. The van der Waals surface area contributed by atoms with Gasteiger partial charge in [-0.25, -0.2) is 15.0 Å². The number of fused-ring (bicyclic) bond motifs is 1. The van der Waals surface area contributed by atoms with Crippen molar-refractivity contribution >= 4 is 28.8 Å². The van der Waals surface area contributed by atoms with Gasteiger partial charge >= 0.3 is 19.5 Å². The Morgan fingerprint density at radius 1 is 0.867 bits per heavy atom. The van der Waals surface area contributed by atoms with E-state index >= 15 is 0 Å². The Bertz CT molecular complexity index is 1160. The minimum atomic E-state index is -1.39. The van der Waals surface area contributed by atoms with Crippen LogP contribution in [0.3, 0.4) is 0 Å². The van der Waals surface area contributed by atoms with E-state index in [2.05, 4.69) is 36.2 Å². The van der Waals surface area contributed by atoms with Crippen molar-refractivity contribution < 1.29 is 44.0 Å². The SMILES string of the molecule is Nc1ncnc2c1ncn2[C@@H]1O[C@H](C(=O)NCCCCCCCCCCC(=O)N2CCNCCNCCNCC2)[C@@H](O)[C@H]1O.[Zn+2]. The van der Waals surface area contributed by atoms with Gasteiger partial charge in [0, 0.05) is 65.3 Å². The minimum absolute atomic E-state index is 0. The predicted octanol–water partition coefficient (Wildman–Crippen LogP) is -0.737. The molecule has 16 heteroatoms. The standard InChI is InChI=1S/C29H50N10O5.Zn/c30-26-22-27(36-19-35-26)39(20-37-22)29-24(42)23(41)25(44-29)28(43)34-10-8-6-4-2-1-3-5-7-9-21(40)38-17-15-32-13-11-31-12-14-33-16-18-38;/h19-20,23-25,29,31-33,41-42H,1-18H2,(H,34,43)(H2,30,35,36);/q;+2/t23-,24+,25-,29+;/m0./s1. The molecule has 0 spiro atoms. The molecule has 0 bridgehead atoms.